The van der Waals surface area contributed by atoms with E-state index in [1.54, 1.807) is 24.3 Å². The number of fused-ring (bicyclic) bond motifs is 1. The summed E-state index contributed by atoms with van der Waals surface area (Å²) >= 11 is 1.98. The first-order valence-electron chi connectivity index (χ1n) is 6.60. The summed E-state index contributed by atoms with van der Waals surface area (Å²) in [6.07, 6.45) is 0. The van der Waals surface area contributed by atoms with Crippen LogP contribution in [-0.4, -0.2) is 17.9 Å². The molecule has 0 aromatic heterocycles. The Balaban J connectivity index is 2.83. The smallest absolute Gasteiger partial charge is 0.308 e. The van der Waals surface area contributed by atoms with E-state index in [0.717, 1.165) is 0 Å². The molecule has 0 saturated heterocycles. The molecule has 2 aromatic carbocycles. The summed E-state index contributed by atoms with van der Waals surface area (Å²) in [6, 6.07) is 6.80. The third-order valence-electron chi connectivity index (χ3n) is 2.74. The van der Waals surface area contributed by atoms with Gasteiger partial charge in [0.15, 0.2) is 11.5 Å². The highest BCUT2D eigenvalue weighted by Crippen LogP contribution is 2.44. The number of hydrogen-bond acceptors (Lipinski definition) is 6. The summed E-state index contributed by atoms with van der Waals surface area (Å²) in [5.74, 6) is -1.28. The van der Waals surface area contributed by atoms with Gasteiger partial charge in [0.2, 0.25) is 0 Å². The lowest BCUT2D eigenvalue weighted by Crippen LogP contribution is -2.10. The van der Waals surface area contributed by atoms with Crippen LogP contribution in [0.15, 0.2) is 24.3 Å². The van der Waals surface area contributed by atoms with Crippen molar-refractivity contribution in [2.75, 3.05) is 0 Å². The average molecular weight is 428 g/mol. The number of carbonyl (C=O) groups excluding carboxylic acids is 3. The van der Waals surface area contributed by atoms with Gasteiger partial charge in [0.25, 0.3) is 0 Å². The molecule has 120 valence electrons. The normalized spacial score (nSPS) is 10.3. The predicted molar refractivity (Wildman–Crippen MR) is 90.6 cm³/mol. The SMILES string of the molecule is CC(=O)Oc1c(I)cc2cccc(OC(C)=O)c2c1OC(C)=O. The highest BCUT2D eigenvalue weighted by atomic mass is 127. The molecular formula is C16H13IO6. The minimum Gasteiger partial charge on any atom is -0.426 e. The van der Waals surface area contributed by atoms with Crippen molar-refractivity contribution in [3.05, 3.63) is 27.8 Å². The van der Waals surface area contributed by atoms with E-state index in [0.29, 0.717) is 14.3 Å². The Hall–Kier alpha value is -2.16. The Morgan fingerprint density at radius 2 is 1.43 bits per heavy atom. The number of ether oxygens (including phenoxy) is 3. The Bertz CT molecular complexity index is 812. The van der Waals surface area contributed by atoms with Crippen LogP contribution >= 0.6 is 22.6 Å². The minimum atomic E-state index is -0.584. The van der Waals surface area contributed by atoms with Crippen LogP contribution in [0.25, 0.3) is 10.8 Å². The summed E-state index contributed by atoms with van der Waals surface area (Å²) in [4.78, 5) is 34.1. The molecule has 0 heterocycles. The van der Waals surface area contributed by atoms with Crippen molar-refractivity contribution in [3.63, 3.8) is 0 Å². The molecule has 0 aliphatic rings. The molecule has 0 radical (unpaired) electrons. The van der Waals surface area contributed by atoms with Gasteiger partial charge in [-0.25, -0.2) is 0 Å². The molecule has 0 atom stereocenters. The van der Waals surface area contributed by atoms with Crippen LogP contribution in [0.3, 0.4) is 0 Å². The van der Waals surface area contributed by atoms with E-state index in [2.05, 4.69) is 0 Å². The lowest BCUT2D eigenvalue weighted by atomic mass is 10.1. The molecule has 0 N–H and O–H groups in total. The van der Waals surface area contributed by atoms with Gasteiger partial charge in [-0.3, -0.25) is 14.4 Å². The van der Waals surface area contributed by atoms with Crippen molar-refractivity contribution in [3.8, 4) is 17.2 Å². The lowest BCUT2D eigenvalue weighted by Gasteiger charge is -2.15. The van der Waals surface area contributed by atoms with Crippen LogP contribution in [0.1, 0.15) is 20.8 Å². The Kier molecular flexibility index (Phi) is 5.19. The zero-order chi connectivity index (χ0) is 17.1. The van der Waals surface area contributed by atoms with E-state index >= 15 is 0 Å². The van der Waals surface area contributed by atoms with Crippen LogP contribution in [0.2, 0.25) is 0 Å². The minimum absolute atomic E-state index is 0.0476. The molecule has 0 saturated carbocycles. The van der Waals surface area contributed by atoms with E-state index < -0.39 is 17.9 Å². The Morgan fingerprint density at radius 1 is 0.870 bits per heavy atom. The maximum Gasteiger partial charge on any atom is 0.308 e. The molecule has 2 rings (SSSR count). The van der Waals surface area contributed by atoms with Crippen molar-refractivity contribution in [2.24, 2.45) is 0 Å². The Labute approximate surface area is 145 Å². The number of esters is 3. The maximum absolute atomic E-state index is 11.5. The topological polar surface area (TPSA) is 78.9 Å². The van der Waals surface area contributed by atoms with E-state index in [1.165, 1.54) is 20.8 Å². The molecule has 0 fully saturated rings. The summed E-state index contributed by atoms with van der Waals surface area (Å²) in [6.45, 7) is 3.75. The molecule has 0 unspecified atom stereocenters. The highest BCUT2D eigenvalue weighted by molar-refractivity contribution is 14.1. The van der Waals surface area contributed by atoms with Crippen molar-refractivity contribution in [1.82, 2.24) is 0 Å². The molecule has 6 nitrogen and oxygen atoms in total. The fourth-order valence-electron chi connectivity index (χ4n) is 2.06. The van der Waals surface area contributed by atoms with Crippen molar-refractivity contribution in [1.29, 1.82) is 0 Å². The second-order valence-corrected chi connectivity index (χ2v) is 5.81. The number of carbonyl (C=O) groups is 3. The number of benzene rings is 2. The standard InChI is InChI=1S/C16H13IO6/c1-8(18)21-13-6-4-5-11-7-12(17)15(22-9(2)19)16(14(11)13)23-10(3)20/h4-7H,1-3H3. The highest BCUT2D eigenvalue weighted by Gasteiger charge is 2.21. The Morgan fingerprint density at radius 3 is 2.00 bits per heavy atom. The van der Waals surface area contributed by atoms with Gasteiger partial charge in [-0.1, -0.05) is 12.1 Å². The first-order chi connectivity index (χ1) is 10.8. The van der Waals surface area contributed by atoms with Crippen molar-refractivity contribution < 1.29 is 28.6 Å². The zero-order valence-electron chi connectivity index (χ0n) is 12.6. The summed E-state index contributed by atoms with van der Waals surface area (Å²) < 4.78 is 16.2. The van der Waals surface area contributed by atoms with Gasteiger partial charge in [-0.15, -0.1) is 0 Å². The van der Waals surface area contributed by atoms with Crippen molar-refractivity contribution in [2.45, 2.75) is 20.8 Å². The van der Waals surface area contributed by atoms with Crippen LogP contribution in [-0.2, 0) is 14.4 Å². The summed E-state index contributed by atoms with van der Waals surface area (Å²) in [5, 5.41) is 1.06. The molecule has 7 heteroatoms. The molecule has 23 heavy (non-hydrogen) atoms. The second-order valence-electron chi connectivity index (χ2n) is 4.65. The lowest BCUT2D eigenvalue weighted by molar-refractivity contribution is -0.134. The van der Waals surface area contributed by atoms with Gasteiger partial charge in [0, 0.05) is 20.8 Å². The van der Waals surface area contributed by atoms with Crippen LogP contribution in [0.5, 0.6) is 17.2 Å². The summed E-state index contributed by atoms with van der Waals surface area (Å²) in [7, 11) is 0. The van der Waals surface area contributed by atoms with E-state index in [9.17, 15) is 14.4 Å². The zero-order valence-corrected chi connectivity index (χ0v) is 14.8. The van der Waals surface area contributed by atoms with Crippen molar-refractivity contribution >= 4 is 51.3 Å². The van der Waals surface area contributed by atoms with Crippen LogP contribution in [0.4, 0.5) is 0 Å². The second kappa shape index (κ2) is 6.95. The number of halogens is 1. The van der Waals surface area contributed by atoms with E-state index in [-0.39, 0.29) is 17.2 Å². The van der Waals surface area contributed by atoms with Gasteiger partial charge >= 0.3 is 17.9 Å². The predicted octanol–water partition coefficient (Wildman–Crippen LogP) is 3.22. The number of rotatable bonds is 3. The maximum atomic E-state index is 11.5. The molecule has 2 aromatic rings. The first-order valence-corrected chi connectivity index (χ1v) is 7.68. The van der Waals surface area contributed by atoms with E-state index in [4.69, 9.17) is 14.2 Å². The van der Waals surface area contributed by atoms with Crippen LogP contribution in [0, 0.1) is 3.57 Å². The van der Waals surface area contributed by atoms with Gasteiger partial charge in [-0.05, 0) is 40.1 Å². The molecule has 0 aliphatic carbocycles. The van der Waals surface area contributed by atoms with Gasteiger partial charge in [0.05, 0.1) is 8.96 Å². The van der Waals surface area contributed by atoms with Gasteiger partial charge in [0.1, 0.15) is 5.75 Å². The molecular weight excluding hydrogens is 415 g/mol. The first kappa shape index (κ1) is 17.2. The van der Waals surface area contributed by atoms with Gasteiger partial charge < -0.3 is 14.2 Å². The largest absolute Gasteiger partial charge is 0.426 e. The molecule has 0 bridgehead atoms. The van der Waals surface area contributed by atoms with Gasteiger partial charge in [-0.2, -0.15) is 0 Å². The summed E-state index contributed by atoms with van der Waals surface area (Å²) in [5.41, 5.74) is 0. The monoisotopic (exact) mass is 428 g/mol. The number of hydrogen-bond donors (Lipinski definition) is 0. The molecule has 0 amide bonds. The molecule has 0 aliphatic heterocycles. The third-order valence-corrected chi connectivity index (χ3v) is 3.54. The quantitative estimate of drug-likeness (QED) is 0.425. The fraction of sp³-hybridized carbons (Fsp3) is 0.188. The third kappa shape index (κ3) is 3.98. The van der Waals surface area contributed by atoms with Crippen LogP contribution < -0.4 is 14.2 Å². The molecule has 0 spiro atoms. The average Bonchev–Trinajstić information content (AvgIpc) is 2.41. The fourth-order valence-corrected chi connectivity index (χ4v) is 2.75. The van der Waals surface area contributed by atoms with E-state index in [1.807, 2.05) is 22.6 Å².